The Morgan fingerprint density at radius 3 is 2.89 bits per heavy atom. The maximum atomic E-state index is 12.6. The van der Waals surface area contributed by atoms with E-state index in [4.69, 9.17) is 4.74 Å². The molecular formula is C19H22N4O3S2. The average molecular weight is 419 g/mol. The van der Waals surface area contributed by atoms with Crippen molar-refractivity contribution in [3.63, 3.8) is 0 Å². The standard InChI is InChI=1S/C19H22N4O3S2/c24-17(13-28-18-20-7-4-15(21-18)16-3-1-12-27-16)22-9-5-14(6-10-22)23-8-2-11-26-19(23)25/h1,3-4,7,12,14H,2,5-6,8-11,13H2. The number of nitrogens with zero attached hydrogens (tertiary/aromatic N) is 4. The van der Waals surface area contributed by atoms with E-state index in [0.29, 0.717) is 30.6 Å². The van der Waals surface area contributed by atoms with E-state index in [1.165, 1.54) is 11.8 Å². The summed E-state index contributed by atoms with van der Waals surface area (Å²) in [6, 6.07) is 6.07. The molecule has 2 fully saturated rings. The highest BCUT2D eigenvalue weighted by Crippen LogP contribution is 2.25. The molecule has 7 nitrogen and oxygen atoms in total. The molecule has 0 N–H and O–H groups in total. The number of thioether (sulfide) groups is 1. The molecule has 4 heterocycles. The van der Waals surface area contributed by atoms with E-state index in [-0.39, 0.29) is 18.0 Å². The summed E-state index contributed by atoms with van der Waals surface area (Å²) in [5.41, 5.74) is 0.884. The Morgan fingerprint density at radius 1 is 1.29 bits per heavy atom. The number of amides is 2. The van der Waals surface area contributed by atoms with Gasteiger partial charge >= 0.3 is 6.09 Å². The number of piperidine rings is 1. The molecule has 0 unspecified atom stereocenters. The first kappa shape index (κ1) is 19.2. The van der Waals surface area contributed by atoms with Gasteiger partial charge in [-0.05, 0) is 36.8 Å². The van der Waals surface area contributed by atoms with Crippen LogP contribution in [0.25, 0.3) is 10.6 Å². The van der Waals surface area contributed by atoms with Gasteiger partial charge in [-0.3, -0.25) is 4.79 Å². The number of likely N-dealkylation sites (tertiary alicyclic amines) is 1. The third-order valence-electron chi connectivity index (χ3n) is 4.99. The molecule has 148 valence electrons. The first-order chi connectivity index (χ1) is 13.7. The van der Waals surface area contributed by atoms with Crippen LogP contribution in [0, 0.1) is 0 Å². The summed E-state index contributed by atoms with van der Waals surface area (Å²) in [5, 5.41) is 2.63. The minimum atomic E-state index is -0.214. The molecule has 2 aromatic rings. The number of cyclic esters (lactones) is 1. The number of rotatable bonds is 5. The summed E-state index contributed by atoms with van der Waals surface area (Å²) in [5.74, 6) is 0.416. The third-order valence-corrected chi connectivity index (χ3v) is 6.73. The van der Waals surface area contributed by atoms with Crippen LogP contribution in [0.15, 0.2) is 34.9 Å². The van der Waals surface area contributed by atoms with Crippen LogP contribution >= 0.6 is 23.1 Å². The lowest BCUT2D eigenvalue weighted by Gasteiger charge is -2.39. The maximum Gasteiger partial charge on any atom is 0.410 e. The second-order valence-corrected chi connectivity index (χ2v) is 8.65. The molecule has 9 heteroatoms. The second-order valence-electron chi connectivity index (χ2n) is 6.76. The van der Waals surface area contributed by atoms with Crippen molar-refractivity contribution in [3.8, 4) is 10.6 Å². The number of ether oxygens (including phenoxy) is 1. The van der Waals surface area contributed by atoms with Crippen LogP contribution in [0.5, 0.6) is 0 Å². The molecule has 0 aromatic carbocycles. The lowest BCUT2D eigenvalue weighted by Crippen LogP contribution is -2.51. The highest BCUT2D eigenvalue weighted by atomic mass is 32.2. The average Bonchev–Trinajstić information content (AvgIpc) is 3.28. The van der Waals surface area contributed by atoms with Gasteiger partial charge in [-0.25, -0.2) is 14.8 Å². The molecule has 2 aliphatic rings. The van der Waals surface area contributed by atoms with E-state index in [9.17, 15) is 9.59 Å². The van der Waals surface area contributed by atoms with Gasteiger partial charge in [0.2, 0.25) is 5.91 Å². The molecule has 2 aromatic heterocycles. The summed E-state index contributed by atoms with van der Waals surface area (Å²) in [4.78, 5) is 38.1. The van der Waals surface area contributed by atoms with Crippen molar-refractivity contribution >= 4 is 35.1 Å². The molecule has 0 bridgehead atoms. The molecule has 4 rings (SSSR count). The molecule has 2 saturated heterocycles. The van der Waals surface area contributed by atoms with E-state index < -0.39 is 0 Å². The molecule has 2 amide bonds. The monoisotopic (exact) mass is 418 g/mol. The third kappa shape index (κ3) is 4.47. The summed E-state index contributed by atoms with van der Waals surface area (Å²) in [7, 11) is 0. The highest BCUT2D eigenvalue weighted by molar-refractivity contribution is 7.99. The van der Waals surface area contributed by atoms with Crippen LogP contribution in [-0.2, 0) is 9.53 Å². The summed E-state index contributed by atoms with van der Waals surface area (Å²) < 4.78 is 5.13. The fourth-order valence-electron chi connectivity index (χ4n) is 3.52. The van der Waals surface area contributed by atoms with Crippen molar-refractivity contribution in [2.24, 2.45) is 0 Å². The van der Waals surface area contributed by atoms with Crippen molar-refractivity contribution < 1.29 is 14.3 Å². The molecule has 2 aliphatic heterocycles. The molecular weight excluding hydrogens is 396 g/mol. The number of hydrogen-bond donors (Lipinski definition) is 0. The number of hydrogen-bond acceptors (Lipinski definition) is 7. The van der Waals surface area contributed by atoms with Gasteiger partial charge in [-0.15, -0.1) is 11.3 Å². The van der Waals surface area contributed by atoms with Crippen molar-refractivity contribution in [3.05, 3.63) is 29.8 Å². The number of thiophene rings is 1. The number of carbonyl (C=O) groups is 2. The van der Waals surface area contributed by atoms with Gasteiger partial charge in [-0.2, -0.15) is 0 Å². The largest absolute Gasteiger partial charge is 0.449 e. The van der Waals surface area contributed by atoms with E-state index in [2.05, 4.69) is 9.97 Å². The minimum Gasteiger partial charge on any atom is -0.449 e. The van der Waals surface area contributed by atoms with Crippen molar-refractivity contribution in [1.29, 1.82) is 0 Å². The van der Waals surface area contributed by atoms with Crippen molar-refractivity contribution in [2.75, 3.05) is 32.0 Å². The Bertz CT molecular complexity index is 822. The predicted molar refractivity (Wildman–Crippen MR) is 108 cm³/mol. The summed E-state index contributed by atoms with van der Waals surface area (Å²) in [6.07, 6.45) is 4.00. The smallest absolute Gasteiger partial charge is 0.410 e. The van der Waals surface area contributed by atoms with Crippen LogP contribution in [0.1, 0.15) is 19.3 Å². The normalized spacial score (nSPS) is 18.2. The van der Waals surface area contributed by atoms with Gasteiger partial charge in [0.1, 0.15) is 0 Å². The zero-order chi connectivity index (χ0) is 19.3. The van der Waals surface area contributed by atoms with Crippen LogP contribution < -0.4 is 0 Å². The van der Waals surface area contributed by atoms with Crippen LogP contribution in [0.4, 0.5) is 4.79 Å². The van der Waals surface area contributed by atoms with E-state index in [1.807, 2.05) is 33.4 Å². The SMILES string of the molecule is O=C(CSc1nccc(-c2cccs2)n1)N1CCC(N2CCCOC2=O)CC1. The topological polar surface area (TPSA) is 75.6 Å². The number of aromatic nitrogens is 2. The van der Waals surface area contributed by atoms with Gasteiger partial charge in [0, 0.05) is 31.9 Å². The highest BCUT2D eigenvalue weighted by Gasteiger charge is 2.31. The predicted octanol–water partition coefficient (Wildman–Crippen LogP) is 3.13. The van der Waals surface area contributed by atoms with Crippen LogP contribution in [0.2, 0.25) is 0 Å². The van der Waals surface area contributed by atoms with Crippen LogP contribution in [-0.4, -0.2) is 69.8 Å². The zero-order valence-corrected chi connectivity index (χ0v) is 17.1. The Labute approximate surface area is 172 Å². The summed E-state index contributed by atoms with van der Waals surface area (Å²) in [6.45, 7) is 2.61. The van der Waals surface area contributed by atoms with Crippen molar-refractivity contribution in [2.45, 2.75) is 30.5 Å². The van der Waals surface area contributed by atoms with E-state index in [0.717, 1.165) is 36.4 Å². The Morgan fingerprint density at radius 2 is 2.14 bits per heavy atom. The van der Waals surface area contributed by atoms with Gasteiger partial charge in [0.25, 0.3) is 0 Å². The first-order valence-electron chi connectivity index (χ1n) is 9.41. The van der Waals surface area contributed by atoms with Crippen molar-refractivity contribution in [1.82, 2.24) is 19.8 Å². The van der Waals surface area contributed by atoms with Gasteiger partial charge in [0.15, 0.2) is 5.16 Å². The van der Waals surface area contributed by atoms with Gasteiger partial charge in [-0.1, -0.05) is 17.8 Å². The molecule has 28 heavy (non-hydrogen) atoms. The fraction of sp³-hybridized carbons (Fsp3) is 0.474. The minimum absolute atomic E-state index is 0.0924. The molecule has 0 aliphatic carbocycles. The van der Waals surface area contributed by atoms with E-state index in [1.54, 1.807) is 17.5 Å². The lowest BCUT2D eigenvalue weighted by molar-refractivity contribution is -0.129. The first-order valence-corrected chi connectivity index (χ1v) is 11.3. The van der Waals surface area contributed by atoms with E-state index >= 15 is 0 Å². The maximum absolute atomic E-state index is 12.6. The fourth-order valence-corrected chi connectivity index (χ4v) is 4.95. The quantitative estimate of drug-likeness (QED) is 0.549. The molecule has 0 atom stereocenters. The second kappa shape index (κ2) is 8.91. The molecule has 0 radical (unpaired) electrons. The zero-order valence-electron chi connectivity index (χ0n) is 15.5. The molecule has 0 saturated carbocycles. The van der Waals surface area contributed by atoms with Gasteiger partial charge < -0.3 is 14.5 Å². The lowest BCUT2D eigenvalue weighted by atomic mass is 10.0. The Hall–Kier alpha value is -2.13. The van der Waals surface area contributed by atoms with Gasteiger partial charge in [0.05, 0.1) is 22.9 Å². The Kier molecular flexibility index (Phi) is 6.11. The Balaban J connectivity index is 1.27. The summed E-state index contributed by atoms with van der Waals surface area (Å²) >= 11 is 3.00. The van der Waals surface area contributed by atoms with Crippen LogP contribution in [0.3, 0.4) is 0 Å². The molecule has 0 spiro atoms. The number of carbonyl (C=O) groups excluding carboxylic acids is 2.